The molecule has 2 N–H and O–H groups in total. The Bertz CT molecular complexity index is 630. The van der Waals surface area contributed by atoms with E-state index in [1.54, 1.807) is 20.8 Å². The molecular weight excluding hydrogens is 406 g/mol. The molecule has 0 saturated heterocycles. The summed E-state index contributed by atoms with van der Waals surface area (Å²) in [5.74, 6) is -1.22. The van der Waals surface area contributed by atoms with Crippen LogP contribution in [0, 0.1) is 0 Å². The van der Waals surface area contributed by atoms with E-state index in [9.17, 15) is 19.5 Å². The Hall–Kier alpha value is -1.71. The van der Waals surface area contributed by atoms with Crippen LogP contribution in [0.5, 0.6) is 0 Å². The summed E-state index contributed by atoms with van der Waals surface area (Å²) in [6.45, 7) is 17.4. The van der Waals surface area contributed by atoms with Crippen molar-refractivity contribution >= 4 is 26.2 Å². The monoisotopic (exact) mass is 445 g/mol. The zero-order chi connectivity index (χ0) is 23.8. The molecule has 0 aliphatic carbocycles. The molecule has 174 valence electrons. The van der Waals surface area contributed by atoms with Gasteiger partial charge in [-0.15, -0.1) is 0 Å². The first kappa shape index (κ1) is 28.3. The number of amides is 1. The van der Waals surface area contributed by atoms with Gasteiger partial charge in [-0.3, -0.25) is 5.32 Å². The first-order chi connectivity index (χ1) is 13.4. The van der Waals surface area contributed by atoms with Gasteiger partial charge in [-0.2, -0.15) is 0 Å². The molecular formula is C21H39NO7Si. The molecule has 0 aromatic rings. The quantitative estimate of drug-likeness (QED) is 0.278. The fraction of sp³-hybridized carbons (Fsp3) is 0.762. The smallest absolute Gasteiger partial charge is 0.412 e. The number of ether oxygens (including phenoxy) is 2. The first-order valence-electron chi connectivity index (χ1n) is 10.1. The highest BCUT2D eigenvalue weighted by atomic mass is 28.4. The fourth-order valence-corrected chi connectivity index (χ4v) is 3.45. The molecule has 0 aliphatic heterocycles. The molecule has 0 fully saturated rings. The van der Waals surface area contributed by atoms with Crippen molar-refractivity contribution in [1.29, 1.82) is 0 Å². The van der Waals surface area contributed by atoms with Gasteiger partial charge in [0.1, 0.15) is 17.1 Å². The second-order valence-corrected chi connectivity index (χ2v) is 14.6. The van der Waals surface area contributed by atoms with E-state index in [1.165, 1.54) is 13.0 Å². The third-order valence-corrected chi connectivity index (χ3v) is 9.20. The van der Waals surface area contributed by atoms with Gasteiger partial charge in [0.2, 0.25) is 0 Å². The van der Waals surface area contributed by atoms with Gasteiger partial charge in [0, 0.05) is 6.42 Å². The molecule has 0 saturated carbocycles. The highest BCUT2D eigenvalue weighted by Crippen LogP contribution is 2.37. The SMILES string of the molecule is CC(=O)CC[C@@H](COC/C=C(/NC(=O)OC(C)(C)C)C(=O)O)O[Si](C)(C)C(C)(C)C. The van der Waals surface area contributed by atoms with Crippen molar-refractivity contribution in [2.45, 2.75) is 91.1 Å². The Kier molecular flexibility index (Phi) is 11.0. The van der Waals surface area contributed by atoms with Crippen LogP contribution in [0.4, 0.5) is 4.79 Å². The van der Waals surface area contributed by atoms with Crippen molar-refractivity contribution in [3.63, 3.8) is 0 Å². The number of hydrogen-bond donors (Lipinski definition) is 2. The summed E-state index contributed by atoms with van der Waals surface area (Å²) < 4.78 is 17.0. The van der Waals surface area contributed by atoms with Crippen LogP contribution in [0.25, 0.3) is 0 Å². The van der Waals surface area contributed by atoms with Crippen molar-refractivity contribution in [2.75, 3.05) is 13.2 Å². The normalized spacial score (nSPS) is 14.2. The Balaban J connectivity index is 4.97. The standard InChI is InChI=1S/C21H39NO7Si/c1-15(23)10-11-16(29-30(8,9)21(5,6)7)14-27-13-12-17(18(24)25)22-19(26)28-20(2,3)4/h12,16H,10-11,13-14H2,1-9H3,(H,22,26)(H,24,25)/b17-12+/t16-/m0/s1. The molecule has 9 heteroatoms. The Morgan fingerprint density at radius 1 is 1.10 bits per heavy atom. The van der Waals surface area contributed by atoms with Crippen LogP contribution < -0.4 is 5.32 Å². The van der Waals surface area contributed by atoms with E-state index in [0.29, 0.717) is 12.8 Å². The van der Waals surface area contributed by atoms with E-state index in [2.05, 4.69) is 39.2 Å². The molecule has 0 heterocycles. The third-order valence-electron chi connectivity index (χ3n) is 4.66. The first-order valence-corrected chi connectivity index (χ1v) is 13.0. The lowest BCUT2D eigenvalue weighted by atomic mass is 10.1. The zero-order valence-electron chi connectivity index (χ0n) is 19.9. The lowest BCUT2D eigenvalue weighted by Gasteiger charge is -2.39. The summed E-state index contributed by atoms with van der Waals surface area (Å²) in [6.07, 6.45) is 1.07. The number of alkyl carbamates (subject to hydrolysis) is 1. The highest BCUT2D eigenvalue weighted by molar-refractivity contribution is 6.74. The maximum absolute atomic E-state index is 11.8. The Morgan fingerprint density at radius 3 is 2.10 bits per heavy atom. The van der Waals surface area contributed by atoms with Crippen LogP contribution in [-0.4, -0.2) is 56.2 Å². The second-order valence-electron chi connectivity index (χ2n) is 9.83. The third kappa shape index (κ3) is 12.1. The van der Waals surface area contributed by atoms with E-state index in [-0.39, 0.29) is 35.8 Å². The molecule has 0 rings (SSSR count). The van der Waals surface area contributed by atoms with Gasteiger partial charge >= 0.3 is 12.1 Å². The van der Waals surface area contributed by atoms with E-state index in [4.69, 9.17) is 13.9 Å². The molecule has 8 nitrogen and oxygen atoms in total. The summed E-state index contributed by atoms with van der Waals surface area (Å²) in [5.41, 5.74) is -1.07. The van der Waals surface area contributed by atoms with Crippen molar-refractivity contribution in [2.24, 2.45) is 0 Å². The van der Waals surface area contributed by atoms with Crippen molar-refractivity contribution in [3.8, 4) is 0 Å². The molecule has 0 radical (unpaired) electrons. The van der Waals surface area contributed by atoms with Crippen LogP contribution in [0.1, 0.15) is 61.3 Å². The lowest BCUT2D eigenvalue weighted by Crippen LogP contribution is -2.45. The maximum atomic E-state index is 11.8. The predicted octanol–water partition coefficient (Wildman–Crippen LogP) is 4.26. The number of carboxylic acid groups (broad SMARTS) is 1. The minimum atomic E-state index is -2.06. The van der Waals surface area contributed by atoms with E-state index in [0.717, 1.165) is 0 Å². The predicted molar refractivity (Wildman–Crippen MR) is 118 cm³/mol. The maximum Gasteiger partial charge on any atom is 0.412 e. The minimum Gasteiger partial charge on any atom is -0.477 e. The van der Waals surface area contributed by atoms with E-state index < -0.39 is 26.0 Å². The number of carbonyl (C=O) groups is 3. The van der Waals surface area contributed by atoms with Gasteiger partial charge in [0.05, 0.1) is 19.3 Å². The van der Waals surface area contributed by atoms with Crippen LogP contribution in [0.3, 0.4) is 0 Å². The van der Waals surface area contributed by atoms with Gasteiger partial charge < -0.3 is 23.8 Å². The van der Waals surface area contributed by atoms with E-state index in [1.807, 2.05) is 0 Å². The molecule has 0 bridgehead atoms. The summed E-state index contributed by atoms with van der Waals surface area (Å²) in [4.78, 5) is 34.5. The van der Waals surface area contributed by atoms with Crippen molar-refractivity contribution in [1.82, 2.24) is 5.32 Å². The molecule has 0 aromatic carbocycles. The average molecular weight is 446 g/mol. The van der Waals surface area contributed by atoms with Gasteiger partial charge in [-0.25, -0.2) is 9.59 Å². The molecule has 0 aromatic heterocycles. The van der Waals surface area contributed by atoms with Crippen LogP contribution in [0.2, 0.25) is 18.1 Å². The number of aliphatic carboxylic acids is 1. The van der Waals surface area contributed by atoms with Crippen LogP contribution in [0.15, 0.2) is 11.8 Å². The Morgan fingerprint density at radius 2 is 1.67 bits per heavy atom. The second kappa shape index (κ2) is 11.6. The fourth-order valence-electron chi connectivity index (χ4n) is 2.08. The highest BCUT2D eigenvalue weighted by Gasteiger charge is 2.39. The van der Waals surface area contributed by atoms with Gasteiger partial charge in [0.25, 0.3) is 0 Å². The number of Topliss-reactive ketones (excluding diaryl/α,β-unsaturated/α-hetero) is 1. The Labute approximate surface area is 181 Å². The number of carboxylic acids is 1. The number of nitrogens with one attached hydrogen (secondary N) is 1. The van der Waals surface area contributed by atoms with Gasteiger partial charge in [0.15, 0.2) is 8.32 Å². The molecule has 1 amide bonds. The van der Waals surface area contributed by atoms with Crippen LogP contribution in [-0.2, 0) is 23.5 Å². The summed E-state index contributed by atoms with van der Waals surface area (Å²) in [5, 5.41) is 11.5. The molecule has 0 spiro atoms. The molecule has 1 atom stereocenters. The summed E-state index contributed by atoms with van der Waals surface area (Å²) in [7, 11) is -2.06. The number of hydrogen-bond acceptors (Lipinski definition) is 6. The summed E-state index contributed by atoms with van der Waals surface area (Å²) in [6, 6.07) is 0. The number of rotatable bonds is 11. The van der Waals surface area contributed by atoms with Crippen molar-refractivity contribution < 1.29 is 33.4 Å². The lowest BCUT2D eigenvalue weighted by molar-refractivity contribution is -0.133. The molecule has 0 aliphatic rings. The minimum absolute atomic E-state index is 0.00912. The topological polar surface area (TPSA) is 111 Å². The van der Waals surface area contributed by atoms with Crippen molar-refractivity contribution in [3.05, 3.63) is 11.8 Å². The molecule has 0 unspecified atom stereocenters. The van der Waals surface area contributed by atoms with Gasteiger partial charge in [-0.1, -0.05) is 20.8 Å². The van der Waals surface area contributed by atoms with Gasteiger partial charge in [-0.05, 0) is 58.3 Å². The zero-order valence-corrected chi connectivity index (χ0v) is 20.9. The van der Waals surface area contributed by atoms with Crippen LogP contribution >= 0.6 is 0 Å². The van der Waals surface area contributed by atoms with E-state index >= 15 is 0 Å². The number of carbonyl (C=O) groups excluding carboxylic acids is 2. The summed E-state index contributed by atoms with van der Waals surface area (Å²) >= 11 is 0. The molecule has 30 heavy (non-hydrogen) atoms. The average Bonchev–Trinajstić information content (AvgIpc) is 2.51. The largest absolute Gasteiger partial charge is 0.477 e. The number of ketones is 1.